The van der Waals surface area contributed by atoms with Gasteiger partial charge in [0.05, 0.1) is 23.3 Å². The summed E-state index contributed by atoms with van der Waals surface area (Å²) in [5, 5.41) is 5.04. The van der Waals surface area contributed by atoms with Gasteiger partial charge >= 0.3 is 0 Å². The lowest BCUT2D eigenvalue weighted by Crippen LogP contribution is -2.39. The minimum Gasteiger partial charge on any atom is -0.233 e. The molecule has 0 saturated heterocycles. The number of aromatic nitrogens is 2. The Kier molecular flexibility index (Phi) is 6.64. The topological polar surface area (TPSA) is 55.2 Å². The molecule has 0 aliphatic heterocycles. The minimum atomic E-state index is -3.76. The molecule has 2 saturated carbocycles. The van der Waals surface area contributed by atoms with Crippen LogP contribution < -0.4 is 0 Å². The number of benzene rings is 3. The Bertz CT molecular complexity index is 1820. The van der Waals surface area contributed by atoms with Crippen LogP contribution in [0.2, 0.25) is 5.02 Å². The maximum atomic E-state index is 14.5. The largest absolute Gasteiger partial charge is 0.233 e. The maximum absolute atomic E-state index is 14.5. The molecule has 3 aliphatic carbocycles. The number of hydrogen-bond acceptors (Lipinski definition) is 3. The van der Waals surface area contributed by atoms with Crippen molar-refractivity contribution in [3.8, 4) is 5.69 Å². The van der Waals surface area contributed by atoms with Gasteiger partial charge < -0.3 is 0 Å². The molecular formula is C33H30ClF2N3O2S. The van der Waals surface area contributed by atoms with Crippen molar-refractivity contribution >= 4 is 27.7 Å². The van der Waals surface area contributed by atoms with Crippen LogP contribution in [0.4, 0.5) is 8.78 Å². The van der Waals surface area contributed by atoms with E-state index in [0.717, 1.165) is 42.6 Å². The zero-order chi connectivity index (χ0) is 29.1. The van der Waals surface area contributed by atoms with Crippen molar-refractivity contribution in [2.24, 2.45) is 10.8 Å². The average molecular weight is 606 g/mol. The average Bonchev–Trinajstić information content (AvgIpc) is 3.23. The van der Waals surface area contributed by atoms with E-state index in [1.54, 1.807) is 58.9 Å². The predicted molar refractivity (Wildman–Crippen MR) is 160 cm³/mol. The van der Waals surface area contributed by atoms with Crippen LogP contribution >= 0.6 is 11.6 Å². The number of fused-ring (bicyclic) bond motifs is 1. The Hall–Kier alpha value is -3.33. The smallest absolute Gasteiger partial charge is 0.218 e. The first kappa shape index (κ1) is 27.5. The molecular weight excluding hydrogens is 576 g/mol. The lowest BCUT2D eigenvalue weighted by Gasteiger charge is -2.29. The Balaban J connectivity index is 1.18. The van der Waals surface area contributed by atoms with E-state index in [9.17, 15) is 17.2 Å². The molecule has 0 bridgehead atoms. The molecule has 2 fully saturated rings. The summed E-state index contributed by atoms with van der Waals surface area (Å²) in [5.41, 5.74) is 5.02. The second kappa shape index (κ2) is 10.1. The fourth-order valence-electron chi connectivity index (χ4n) is 7.25. The van der Waals surface area contributed by atoms with Crippen molar-refractivity contribution in [3.63, 3.8) is 0 Å². The van der Waals surface area contributed by atoms with E-state index in [4.69, 9.17) is 11.6 Å². The van der Waals surface area contributed by atoms with Crippen molar-refractivity contribution in [2.45, 2.75) is 37.9 Å². The normalized spacial score (nSPS) is 22.4. The summed E-state index contributed by atoms with van der Waals surface area (Å²) in [6, 6.07) is 19.8. The molecule has 4 aromatic rings. The molecule has 0 N–H and O–H groups in total. The van der Waals surface area contributed by atoms with Crippen molar-refractivity contribution < 1.29 is 17.2 Å². The Morgan fingerprint density at radius 2 is 1.71 bits per heavy atom. The number of hydrogen-bond donors (Lipinski definition) is 0. The van der Waals surface area contributed by atoms with Gasteiger partial charge in [0.25, 0.3) is 0 Å². The van der Waals surface area contributed by atoms with Crippen LogP contribution in [-0.2, 0) is 28.6 Å². The lowest BCUT2D eigenvalue weighted by atomic mass is 9.82. The van der Waals surface area contributed by atoms with Gasteiger partial charge in [-0.1, -0.05) is 53.6 Å². The Labute approximate surface area is 249 Å². The fraction of sp³-hybridized carbons (Fsp3) is 0.303. The van der Waals surface area contributed by atoms with Crippen LogP contribution in [-0.4, -0.2) is 35.6 Å². The predicted octanol–water partition coefficient (Wildman–Crippen LogP) is 6.99. The van der Waals surface area contributed by atoms with E-state index in [-0.39, 0.29) is 41.2 Å². The molecule has 216 valence electrons. The molecule has 1 spiro atoms. The van der Waals surface area contributed by atoms with Gasteiger partial charge in [0.2, 0.25) is 10.0 Å². The van der Waals surface area contributed by atoms with Crippen LogP contribution in [0.5, 0.6) is 0 Å². The highest BCUT2D eigenvalue weighted by atomic mass is 35.5. The minimum absolute atomic E-state index is 0.104. The first-order valence-corrected chi connectivity index (χ1v) is 16.2. The van der Waals surface area contributed by atoms with E-state index >= 15 is 0 Å². The summed E-state index contributed by atoms with van der Waals surface area (Å²) in [4.78, 5) is 0. The van der Waals surface area contributed by atoms with Crippen LogP contribution in [0.15, 0.2) is 84.6 Å². The highest BCUT2D eigenvalue weighted by Crippen LogP contribution is 2.78. The summed E-state index contributed by atoms with van der Waals surface area (Å²) in [6.07, 6.45) is 7.86. The highest BCUT2D eigenvalue weighted by molar-refractivity contribution is 7.88. The number of nitrogens with zero attached hydrogens (tertiary/aromatic N) is 3. The van der Waals surface area contributed by atoms with Crippen molar-refractivity contribution in [3.05, 3.63) is 124 Å². The van der Waals surface area contributed by atoms with E-state index in [1.807, 2.05) is 10.9 Å². The third-order valence-electron chi connectivity index (χ3n) is 9.54. The van der Waals surface area contributed by atoms with E-state index < -0.39 is 10.0 Å². The number of sulfonamides is 1. The number of halogens is 3. The van der Waals surface area contributed by atoms with Gasteiger partial charge in [-0.2, -0.15) is 5.10 Å². The summed E-state index contributed by atoms with van der Waals surface area (Å²) in [5.74, 6) is -0.824. The number of allylic oxidation sites excluding steroid dienone is 1. The number of rotatable bonds is 9. The molecule has 7 rings (SSSR count). The molecule has 2 atom stereocenters. The third kappa shape index (κ3) is 4.60. The first-order chi connectivity index (χ1) is 20.2. The van der Waals surface area contributed by atoms with Gasteiger partial charge in [-0.15, -0.1) is 0 Å². The molecule has 42 heavy (non-hydrogen) atoms. The standard InChI is InChI=1S/C33H30ClF2N3O2S/c34-29-7-3-1-6-24(29)20-42(40,41)38(16-14-23-5-2-4-8-30(23)36)22-32-15-13-26-17-31-25(18-33(26,32)21-32)19-37-39(31)28-11-9-27(35)10-12-28/h1-12,17,19H,13-16,18,20-22H2/t32?,33-/m1/s1. The SMILES string of the molecule is O=S(=O)(Cc1ccccc1Cl)N(CCc1ccccc1F)CC12CCC3=Cc4c(cnn4-c4ccc(F)cc4)C[C@@]31C2. The van der Waals surface area contributed by atoms with Gasteiger partial charge in [-0.3, -0.25) is 0 Å². The summed E-state index contributed by atoms with van der Waals surface area (Å²) in [6.45, 7) is 0.575. The van der Waals surface area contributed by atoms with Crippen LogP contribution in [0, 0.1) is 22.5 Å². The van der Waals surface area contributed by atoms with Crippen LogP contribution in [0.1, 0.15) is 41.6 Å². The van der Waals surface area contributed by atoms with Crippen molar-refractivity contribution in [1.82, 2.24) is 14.1 Å². The Morgan fingerprint density at radius 1 is 0.976 bits per heavy atom. The van der Waals surface area contributed by atoms with Gasteiger partial charge in [0.1, 0.15) is 11.6 Å². The molecule has 3 aliphatic rings. The van der Waals surface area contributed by atoms with Gasteiger partial charge in [-0.05, 0) is 96.7 Å². The van der Waals surface area contributed by atoms with Gasteiger partial charge in [0, 0.05) is 23.5 Å². The molecule has 1 heterocycles. The van der Waals surface area contributed by atoms with Gasteiger partial charge in [0.15, 0.2) is 0 Å². The van der Waals surface area contributed by atoms with E-state index in [0.29, 0.717) is 22.7 Å². The summed E-state index contributed by atoms with van der Waals surface area (Å²) >= 11 is 6.36. The molecule has 5 nitrogen and oxygen atoms in total. The lowest BCUT2D eigenvalue weighted by molar-refractivity contribution is 0.293. The van der Waals surface area contributed by atoms with E-state index in [1.165, 1.54) is 23.8 Å². The molecule has 9 heteroatoms. The zero-order valence-corrected chi connectivity index (χ0v) is 24.5. The molecule has 1 aromatic heterocycles. The quantitative estimate of drug-likeness (QED) is 0.207. The van der Waals surface area contributed by atoms with Crippen LogP contribution in [0.25, 0.3) is 11.8 Å². The van der Waals surface area contributed by atoms with Crippen molar-refractivity contribution in [1.29, 1.82) is 0 Å². The highest BCUT2D eigenvalue weighted by Gasteiger charge is 2.72. The van der Waals surface area contributed by atoms with Crippen molar-refractivity contribution in [2.75, 3.05) is 13.1 Å². The molecule has 3 aromatic carbocycles. The Morgan fingerprint density at radius 3 is 2.48 bits per heavy atom. The first-order valence-electron chi connectivity index (χ1n) is 14.2. The second-order valence-corrected chi connectivity index (χ2v) is 14.2. The molecule has 1 unspecified atom stereocenters. The summed E-state index contributed by atoms with van der Waals surface area (Å²) < 4.78 is 59.4. The van der Waals surface area contributed by atoms with Gasteiger partial charge in [-0.25, -0.2) is 26.2 Å². The van der Waals surface area contributed by atoms with E-state index in [2.05, 4.69) is 11.2 Å². The molecule has 0 amide bonds. The fourth-order valence-corrected chi connectivity index (χ4v) is 9.17. The summed E-state index contributed by atoms with van der Waals surface area (Å²) in [7, 11) is -3.76. The zero-order valence-electron chi connectivity index (χ0n) is 22.9. The molecule has 0 radical (unpaired) electrons. The third-order valence-corrected chi connectivity index (χ3v) is 11.7. The monoisotopic (exact) mass is 605 g/mol. The second-order valence-electron chi connectivity index (χ2n) is 11.9. The maximum Gasteiger partial charge on any atom is 0.218 e. The van der Waals surface area contributed by atoms with Crippen LogP contribution in [0.3, 0.4) is 0 Å².